The van der Waals surface area contributed by atoms with E-state index in [0.29, 0.717) is 41.4 Å². The number of ether oxygens (including phenoxy) is 2. The normalized spacial score (nSPS) is 24.6. The molecule has 0 radical (unpaired) electrons. The van der Waals surface area contributed by atoms with Gasteiger partial charge in [-0.05, 0) is 80.0 Å². The molecule has 0 amide bonds. The van der Waals surface area contributed by atoms with Gasteiger partial charge in [0.1, 0.15) is 53.7 Å². The summed E-state index contributed by atoms with van der Waals surface area (Å²) < 4.78 is 58.4. The van der Waals surface area contributed by atoms with Crippen LogP contribution in [-0.4, -0.2) is 83.2 Å². The molecule has 0 spiro atoms. The van der Waals surface area contributed by atoms with Gasteiger partial charge in [-0.25, -0.2) is 18.2 Å². The van der Waals surface area contributed by atoms with Crippen LogP contribution in [-0.2, 0) is 4.74 Å². The van der Waals surface area contributed by atoms with Crippen molar-refractivity contribution in [2.75, 3.05) is 51.4 Å². The molecule has 5 heterocycles. The monoisotopic (exact) mass is 667 g/mol. The number of phenolic OH excluding ortho intramolecular Hbond substituents is 1. The zero-order valence-electron chi connectivity index (χ0n) is 27.2. The summed E-state index contributed by atoms with van der Waals surface area (Å²) in [6.45, 7) is 2.91. The van der Waals surface area contributed by atoms with Crippen molar-refractivity contribution in [1.82, 2.24) is 19.9 Å². The van der Waals surface area contributed by atoms with E-state index in [1.165, 1.54) is 31.4 Å². The molecule has 4 atom stereocenters. The van der Waals surface area contributed by atoms with E-state index in [4.69, 9.17) is 25.9 Å². The van der Waals surface area contributed by atoms with Gasteiger partial charge in [-0.2, -0.15) is 9.97 Å². The summed E-state index contributed by atoms with van der Waals surface area (Å²) in [4.78, 5) is 18.6. The van der Waals surface area contributed by atoms with Crippen LogP contribution in [0.2, 0.25) is 0 Å². The second-order valence-corrected chi connectivity index (χ2v) is 13.9. The molecule has 4 aromatic rings. The Bertz CT molecular complexity index is 2080. The molecule has 8 nitrogen and oxygen atoms in total. The SMILES string of the molecule is C#Cc1c(F)ccc2cc(O)cc(-c3nc(C#CCOC)c4c(N5CC6CCC(C6)C5)nc(OC[C@@]56CCCN5C[C@H](F)C6)nc4c3F)c12. The first-order valence-corrected chi connectivity index (χ1v) is 16.8. The van der Waals surface area contributed by atoms with Crippen LogP contribution >= 0.6 is 0 Å². The van der Waals surface area contributed by atoms with Crippen LogP contribution in [0.25, 0.3) is 32.9 Å². The van der Waals surface area contributed by atoms with E-state index >= 15 is 8.78 Å². The molecule has 4 fully saturated rings. The van der Waals surface area contributed by atoms with E-state index in [2.05, 4.69) is 32.5 Å². The van der Waals surface area contributed by atoms with E-state index in [9.17, 15) is 9.50 Å². The fourth-order valence-electron chi connectivity index (χ4n) is 8.67. The molecule has 2 bridgehead atoms. The zero-order chi connectivity index (χ0) is 33.9. The number of halogens is 3. The predicted octanol–water partition coefficient (Wildman–Crippen LogP) is 6.00. The number of aromatic nitrogens is 3. The number of pyridine rings is 1. The topological polar surface area (TPSA) is 83.8 Å². The number of rotatable bonds is 6. The summed E-state index contributed by atoms with van der Waals surface area (Å²) in [6, 6.07) is 5.41. The maximum atomic E-state index is 17.2. The molecule has 3 saturated heterocycles. The molecular formula is C38H36F3N5O3. The molecule has 3 aliphatic heterocycles. The average Bonchev–Trinajstić information content (AvgIpc) is 3.74. The molecule has 11 heteroatoms. The van der Waals surface area contributed by atoms with Gasteiger partial charge in [0.2, 0.25) is 0 Å². The lowest BCUT2D eigenvalue weighted by molar-refractivity contribution is 0.107. The van der Waals surface area contributed by atoms with Crippen LogP contribution in [0.15, 0.2) is 24.3 Å². The van der Waals surface area contributed by atoms with Gasteiger partial charge in [-0.1, -0.05) is 17.9 Å². The Kier molecular flexibility index (Phi) is 8.01. The van der Waals surface area contributed by atoms with E-state index in [1.807, 2.05) is 0 Å². The Balaban J connectivity index is 1.36. The number of methoxy groups -OCH3 is 1. The minimum atomic E-state index is -0.935. The van der Waals surface area contributed by atoms with Crippen LogP contribution in [0, 0.1) is 47.7 Å². The maximum absolute atomic E-state index is 17.2. The molecule has 1 N–H and O–H groups in total. The lowest BCUT2D eigenvalue weighted by atomic mass is 9.95. The van der Waals surface area contributed by atoms with Crippen molar-refractivity contribution < 1.29 is 27.8 Å². The van der Waals surface area contributed by atoms with Crippen molar-refractivity contribution in [1.29, 1.82) is 0 Å². The van der Waals surface area contributed by atoms with Crippen molar-refractivity contribution in [3.63, 3.8) is 0 Å². The van der Waals surface area contributed by atoms with Crippen molar-refractivity contribution in [2.45, 2.75) is 50.2 Å². The van der Waals surface area contributed by atoms with Crippen LogP contribution in [0.1, 0.15) is 49.8 Å². The highest BCUT2D eigenvalue weighted by molar-refractivity contribution is 6.04. The van der Waals surface area contributed by atoms with Crippen molar-refractivity contribution in [2.24, 2.45) is 11.8 Å². The molecule has 2 unspecified atom stereocenters. The Morgan fingerprint density at radius 3 is 2.67 bits per heavy atom. The zero-order valence-corrected chi connectivity index (χ0v) is 27.2. The van der Waals surface area contributed by atoms with Crippen molar-refractivity contribution in [3.8, 4) is 47.2 Å². The molecule has 8 rings (SSSR count). The Hall–Kier alpha value is -4.58. The van der Waals surface area contributed by atoms with Crippen molar-refractivity contribution in [3.05, 3.63) is 47.2 Å². The Labute approximate surface area is 282 Å². The molecule has 4 aliphatic rings. The van der Waals surface area contributed by atoms with E-state index in [-0.39, 0.29) is 58.4 Å². The molecule has 2 aromatic heterocycles. The third-order valence-electron chi connectivity index (χ3n) is 10.8. The van der Waals surface area contributed by atoms with Gasteiger partial charge in [0.15, 0.2) is 5.82 Å². The van der Waals surface area contributed by atoms with E-state index < -0.39 is 23.3 Å². The first-order valence-electron chi connectivity index (χ1n) is 16.8. The number of piperidine rings is 1. The minimum absolute atomic E-state index is 0.0214. The highest BCUT2D eigenvalue weighted by Gasteiger charge is 2.49. The number of alkyl halides is 1. The number of hydrogen-bond acceptors (Lipinski definition) is 8. The van der Waals surface area contributed by atoms with Gasteiger partial charge in [-0.15, -0.1) is 6.42 Å². The first kappa shape index (κ1) is 31.7. The van der Waals surface area contributed by atoms with Crippen molar-refractivity contribution >= 4 is 27.5 Å². The standard InChI is InChI=1S/C38H36F3N5O3/c1-3-27-29(40)10-9-24-15-26(47)16-28(31(24)27)34-33(41)35-32(30(42-34)6-4-13-48-2)36(45-18-22-7-8-23(14-22)19-45)44-37(43-35)49-21-38-11-5-12-46(38)20-25(39)17-38/h1,9-10,15-16,22-23,25,47H,5,7-8,11-14,17-21H2,2H3/t22?,23?,25-,38+/m1/s1. The summed E-state index contributed by atoms with van der Waals surface area (Å²) >= 11 is 0. The third kappa shape index (κ3) is 5.50. The van der Waals surface area contributed by atoms with Gasteiger partial charge >= 0.3 is 6.01 Å². The third-order valence-corrected chi connectivity index (χ3v) is 10.8. The van der Waals surface area contributed by atoms with Crippen LogP contribution in [0.5, 0.6) is 11.8 Å². The number of terminal acetylenes is 1. The molecule has 252 valence electrons. The fraction of sp³-hybridized carbons (Fsp3) is 0.447. The lowest BCUT2D eigenvalue weighted by Gasteiger charge is -2.34. The summed E-state index contributed by atoms with van der Waals surface area (Å²) in [5, 5.41) is 11.7. The summed E-state index contributed by atoms with van der Waals surface area (Å²) in [6.07, 6.45) is 10.3. The summed E-state index contributed by atoms with van der Waals surface area (Å²) in [5.74, 6) is 8.17. The lowest BCUT2D eigenvalue weighted by Crippen LogP contribution is -2.43. The first-order chi connectivity index (χ1) is 23.8. The highest BCUT2D eigenvalue weighted by atomic mass is 19.1. The van der Waals surface area contributed by atoms with Crippen LogP contribution in [0.3, 0.4) is 0 Å². The number of anilines is 1. The second kappa shape index (κ2) is 12.4. The molecule has 1 aliphatic carbocycles. The molecular weight excluding hydrogens is 631 g/mol. The number of aromatic hydroxyl groups is 1. The van der Waals surface area contributed by atoms with Crippen LogP contribution < -0.4 is 9.64 Å². The molecule has 2 aromatic carbocycles. The summed E-state index contributed by atoms with van der Waals surface area (Å²) in [7, 11) is 1.52. The largest absolute Gasteiger partial charge is 0.508 e. The van der Waals surface area contributed by atoms with Gasteiger partial charge in [0.25, 0.3) is 0 Å². The number of fused-ring (bicyclic) bond motifs is 5. The summed E-state index contributed by atoms with van der Waals surface area (Å²) in [5.41, 5.74) is -0.527. The fourth-order valence-corrected chi connectivity index (χ4v) is 8.67. The predicted molar refractivity (Wildman–Crippen MR) is 180 cm³/mol. The van der Waals surface area contributed by atoms with Gasteiger partial charge in [-0.3, -0.25) is 4.90 Å². The molecule has 1 saturated carbocycles. The van der Waals surface area contributed by atoms with Gasteiger partial charge in [0, 0.05) is 44.1 Å². The maximum Gasteiger partial charge on any atom is 0.319 e. The van der Waals surface area contributed by atoms with Crippen LogP contribution in [0.4, 0.5) is 19.0 Å². The van der Waals surface area contributed by atoms with Gasteiger partial charge in [0.05, 0.1) is 16.5 Å². The number of benzene rings is 2. The number of phenols is 1. The second-order valence-electron chi connectivity index (χ2n) is 13.9. The Morgan fingerprint density at radius 1 is 1.08 bits per heavy atom. The minimum Gasteiger partial charge on any atom is -0.508 e. The van der Waals surface area contributed by atoms with E-state index in [0.717, 1.165) is 51.7 Å². The quantitative estimate of drug-likeness (QED) is 0.251. The highest BCUT2D eigenvalue weighted by Crippen LogP contribution is 2.44. The Morgan fingerprint density at radius 2 is 1.90 bits per heavy atom. The van der Waals surface area contributed by atoms with Gasteiger partial charge < -0.3 is 19.5 Å². The smallest absolute Gasteiger partial charge is 0.319 e. The average molecular weight is 668 g/mol. The number of nitrogens with zero attached hydrogens (tertiary/aromatic N) is 5. The molecule has 49 heavy (non-hydrogen) atoms. The van der Waals surface area contributed by atoms with E-state index in [1.54, 1.807) is 0 Å². The number of hydrogen-bond donors (Lipinski definition) is 1.